The van der Waals surface area contributed by atoms with Gasteiger partial charge in [-0.1, -0.05) is 121 Å². The molecule has 238 valence electrons. The van der Waals surface area contributed by atoms with Crippen molar-refractivity contribution in [3.05, 3.63) is 176 Å². The first-order chi connectivity index (χ1) is 25.3. The summed E-state index contributed by atoms with van der Waals surface area (Å²) >= 11 is 0. The number of aromatic nitrogens is 5. The van der Waals surface area contributed by atoms with E-state index in [1.807, 2.05) is 0 Å². The minimum Gasteiger partial charge on any atom is -0.309 e. The van der Waals surface area contributed by atoms with E-state index in [1.165, 1.54) is 27.1 Å². The van der Waals surface area contributed by atoms with Crippen LogP contribution < -0.4 is 0 Å². The Morgan fingerprint density at radius 2 is 0.784 bits per heavy atom. The third kappa shape index (κ3) is 4.03. The highest BCUT2D eigenvalue weighted by Gasteiger charge is 2.24. The monoisotopic (exact) mass is 651 g/mol. The fourth-order valence-electron chi connectivity index (χ4n) is 8.07. The Hall–Kier alpha value is -6.98. The topological polar surface area (TPSA) is 40.6 Å². The van der Waals surface area contributed by atoms with Crippen LogP contribution in [-0.2, 0) is 0 Å². The Morgan fingerprint density at radius 1 is 0.333 bits per heavy atom. The van der Waals surface area contributed by atoms with Gasteiger partial charge in [0, 0.05) is 43.9 Å². The van der Waals surface area contributed by atoms with Crippen LogP contribution in [0.5, 0.6) is 0 Å². The molecule has 0 unspecified atom stereocenters. The first kappa shape index (κ1) is 27.9. The summed E-state index contributed by atoms with van der Waals surface area (Å²) in [5.74, 6) is 1.53. The smallest absolute Gasteiger partial charge is 0.166 e. The van der Waals surface area contributed by atoms with Crippen molar-refractivity contribution >= 4 is 65.5 Å². The second-order valence-electron chi connectivity index (χ2n) is 13.0. The third-order valence-electron chi connectivity index (χ3n) is 10.2. The first-order valence-corrected chi connectivity index (χ1v) is 17.3. The highest BCUT2D eigenvalue weighted by atomic mass is 15.1. The average molecular weight is 652 g/mol. The molecule has 0 bridgehead atoms. The Kier molecular flexibility index (Phi) is 5.89. The number of rotatable bonds is 4. The van der Waals surface area contributed by atoms with Crippen molar-refractivity contribution < 1.29 is 0 Å². The molecule has 0 saturated carbocycles. The van der Waals surface area contributed by atoms with E-state index < -0.39 is 0 Å². The van der Waals surface area contributed by atoms with Gasteiger partial charge >= 0.3 is 0 Å². The molecule has 4 heterocycles. The lowest BCUT2D eigenvalue weighted by Gasteiger charge is -2.14. The molecule has 5 nitrogen and oxygen atoms in total. The van der Waals surface area contributed by atoms with Crippen molar-refractivity contribution in [1.29, 1.82) is 0 Å². The highest BCUT2D eigenvalue weighted by molar-refractivity contribution is 6.14. The van der Waals surface area contributed by atoms with Crippen molar-refractivity contribution in [2.24, 2.45) is 0 Å². The van der Waals surface area contributed by atoms with E-state index in [2.05, 4.69) is 190 Å². The molecular formula is C46H29N5. The largest absolute Gasteiger partial charge is 0.309 e. The third-order valence-corrected chi connectivity index (χ3v) is 10.2. The molecule has 0 spiro atoms. The van der Waals surface area contributed by atoms with Gasteiger partial charge in [0.1, 0.15) is 11.0 Å². The van der Waals surface area contributed by atoms with Crippen molar-refractivity contribution in [3.63, 3.8) is 0 Å². The van der Waals surface area contributed by atoms with Crippen molar-refractivity contribution in [2.75, 3.05) is 0 Å². The normalized spacial score (nSPS) is 11.9. The van der Waals surface area contributed by atoms with Gasteiger partial charge in [-0.3, -0.25) is 4.57 Å². The number of nitrogens with zero attached hydrogens (tertiary/aromatic N) is 5. The summed E-state index contributed by atoms with van der Waals surface area (Å²) < 4.78 is 7.00. The molecule has 0 radical (unpaired) electrons. The maximum atomic E-state index is 5.58. The van der Waals surface area contributed by atoms with Crippen LogP contribution in [0.3, 0.4) is 0 Å². The van der Waals surface area contributed by atoms with Crippen LogP contribution in [0.2, 0.25) is 0 Å². The molecule has 0 fully saturated rings. The maximum Gasteiger partial charge on any atom is 0.166 e. The quantitative estimate of drug-likeness (QED) is 0.190. The van der Waals surface area contributed by atoms with Gasteiger partial charge in [-0.15, -0.1) is 0 Å². The molecule has 5 heteroatoms. The van der Waals surface area contributed by atoms with Gasteiger partial charge in [0.2, 0.25) is 0 Å². The summed E-state index contributed by atoms with van der Waals surface area (Å²) in [6.45, 7) is 0. The Morgan fingerprint density at radius 3 is 1.37 bits per heavy atom. The zero-order valence-electron chi connectivity index (χ0n) is 27.5. The van der Waals surface area contributed by atoms with Gasteiger partial charge in [-0.25, -0.2) is 9.97 Å². The number of hydrogen-bond acceptors (Lipinski definition) is 2. The van der Waals surface area contributed by atoms with Crippen molar-refractivity contribution in [2.45, 2.75) is 0 Å². The number of fused-ring (bicyclic) bond motifs is 9. The lowest BCUT2D eigenvalue weighted by Crippen LogP contribution is -2.05. The summed E-state index contributed by atoms with van der Waals surface area (Å²) in [6.07, 6.45) is 0. The molecule has 0 aliphatic carbocycles. The SMILES string of the molecule is c1ccc(-n2c3ccccc3c3ccc(-c4nc(-n5c6ccccc6c6ccccc65)c5c(n4)c4ccccc4n5-c4ccccc4)cc32)cc1. The van der Waals surface area contributed by atoms with Crippen LogP contribution in [0.1, 0.15) is 0 Å². The zero-order valence-corrected chi connectivity index (χ0v) is 27.5. The predicted octanol–water partition coefficient (Wildman–Crippen LogP) is 11.4. The zero-order chi connectivity index (χ0) is 33.5. The van der Waals surface area contributed by atoms with Crippen LogP contribution in [0, 0.1) is 0 Å². The van der Waals surface area contributed by atoms with E-state index in [0.717, 1.165) is 61.2 Å². The van der Waals surface area contributed by atoms with Gasteiger partial charge in [0.25, 0.3) is 0 Å². The number of benzene rings is 7. The van der Waals surface area contributed by atoms with Crippen LogP contribution in [0.15, 0.2) is 176 Å². The van der Waals surface area contributed by atoms with Gasteiger partial charge < -0.3 is 9.13 Å². The number of hydrogen-bond donors (Lipinski definition) is 0. The predicted molar refractivity (Wildman–Crippen MR) is 210 cm³/mol. The van der Waals surface area contributed by atoms with Crippen molar-refractivity contribution in [3.8, 4) is 28.6 Å². The molecule has 51 heavy (non-hydrogen) atoms. The molecular weight excluding hydrogens is 623 g/mol. The van der Waals surface area contributed by atoms with Crippen LogP contribution in [-0.4, -0.2) is 23.7 Å². The molecule has 11 rings (SSSR count). The highest BCUT2D eigenvalue weighted by Crippen LogP contribution is 2.40. The molecule has 7 aromatic carbocycles. The van der Waals surface area contributed by atoms with Crippen molar-refractivity contribution in [1.82, 2.24) is 23.7 Å². The van der Waals surface area contributed by atoms with E-state index in [1.54, 1.807) is 0 Å². The Bertz CT molecular complexity index is 3080. The summed E-state index contributed by atoms with van der Waals surface area (Å²) in [5.41, 5.74) is 10.6. The molecule has 0 aliphatic rings. The molecule has 4 aromatic heterocycles. The van der Waals surface area contributed by atoms with Crippen LogP contribution in [0.4, 0.5) is 0 Å². The summed E-state index contributed by atoms with van der Waals surface area (Å²) in [6, 6.07) is 62.3. The van der Waals surface area contributed by atoms with E-state index in [-0.39, 0.29) is 0 Å². The Balaban J connectivity index is 1.29. The lowest BCUT2D eigenvalue weighted by atomic mass is 10.1. The minimum absolute atomic E-state index is 0.682. The summed E-state index contributed by atoms with van der Waals surface area (Å²) in [7, 11) is 0. The molecule has 0 saturated heterocycles. The van der Waals surface area contributed by atoms with Crippen LogP contribution >= 0.6 is 0 Å². The summed E-state index contributed by atoms with van der Waals surface area (Å²) in [5, 5.41) is 5.88. The first-order valence-electron chi connectivity index (χ1n) is 17.3. The van der Waals surface area contributed by atoms with E-state index in [4.69, 9.17) is 9.97 Å². The molecule has 0 N–H and O–H groups in total. The fraction of sp³-hybridized carbons (Fsp3) is 0. The molecule has 11 aromatic rings. The van der Waals surface area contributed by atoms with Gasteiger partial charge in [0.05, 0.1) is 27.6 Å². The van der Waals surface area contributed by atoms with Gasteiger partial charge in [-0.2, -0.15) is 0 Å². The second kappa shape index (κ2) is 10.8. The number of para-hydroxylation sites is 6. The lowest BCUT2D eigenvalue weighted by molar-refractivity contribution is 1.05. The average Bonchev–Trinajstić information content (AvgIpc) is 3.84. The molecule has 0 amide bonds. The standard InChI is InChI=1S/C46H29N5/c1-3-15-31(16-4-1)49-38-23-11-7-21-35(38)36-28-27-30(29-42(36)49)45-47-43-37-22-10-14-26-41(37)50(32-17-5-2-6-18-32)44(43)46(48-45)51-39-24-12-8-19-33(39)34-20-9-13-25-40(34)51/h1-29H. The van der Waals surface area contributed by atoms with Gasteiger partial charge in [-0.05, 0) is 54.6 Å². The minimum atomic E-state index is 0.682. The Labute approximate surface area is 292 Å². The van der Waals surface area contributed by atoms with E-state index >= 15 is 0 Å². The maximum absolute atomic E-state index is 5.58. The molecule has 0 atom stereocenters. The summed E-state index contributed by atoms with van der Waals surface area (Å²) in [4.78, 5) is 11.0. The van der Waals surface area contributed by atoms with Crippen LogP contribution in [0.25, 0.3) is 94.1 Å². The van der Waals surface area contributed by atoms with E-state index in [9.17, 15) is 0 Å². The van der Waals surface area contributed by atoms with Gasteiger partial charge in [0.15, 0.2) is 11.6 Å². The molecule has 0 aliphatic heterocycles. The fourth-order valence-corrected chi connectivity index (χ4v) is 8.07. The van der Waals surface area contributed by atoms with E-state index in [0.29, 0.717) is 5.82 Å². The second-order valence-corrected chi connectivity index (χ2v) is 13.0.